The molecule has 25 heavy (non-hydrogen) atoms. The lowest BCUT2D eigenvalue weighted by molar-refractivity contribution is -0.124. The van der Waals surface area contributed by atoms with Crippen LogP contribution in [0.3, 0.4) is 0 Å². The van der Waals surface area contributed by atoms with Crippen molar-refractivity contribution in [1.82, 2.24) is 4.90 Å². The van der Waals surface area contributed by atoms with Gasteiger partial charge in [-0.05, 0) is 43.5 Å². The molecule has 132 valence electrons. The van der Waals surface area contributed by atoms with E-state index in [2.05, 4.69) is 23.2 Å². The Balaban J connectivity index is 1.88. The summed E-state index contributed by atoms with van der Waals surface area (Å²) in [6.07, 6.45) is 0.133. The van der Waals surface area contributed by atoms with Crippen molar-refractivity contribution >= 4 is 11.6 Å². The van der Waals surface area contributed by atoms with E-state index in [4.69, 9.17) is 4.74 Å². The molecular weight excluding hydrogens is 312 g/mol. The van der Waals surface area contributed by atoms with Crippen LogP contribution < -0.4 is 5.32 Å². The van der Waals surface area contributed by atoms with Crippen LogP contribution >= 0.6 is 0 Å². The molecule has 0 spiro atoms. The molecule has 2 atom stereocenters. The van der Waals surface area contributed by atoms with Gasteiger partial charge in [0, 0.05) is 18.8 Å². The van der Waals surface area contributed by atoms with E-state index in [-0.39, 0.29) is 18.1 Å². The Kier molecular flexibility index (Phi) is 5.51. The highest BCUT2D eigenvalue weighted by Gasteiger charge is 2.31. The third kappa shape index (κ3) is 4.27. The van der Waals surface area contributed by atoms with Gasteiger partial charge in [0.1, 0.15) is 6.04 Å². The fourth-order valence-corrected chi connectivity index (χ4v) is 3.31. The third-order valence-corrected chi connectivity index (χ3v) is 4.65. The summed E-state index contributed by atoms with van der Waals surface area (Å²) in [5.41, 5.74) is 4.10. The van der Waals surface area contributed by atoms with E-state index in [1.165, 1.54) is 0 Å². The van der Waals surface area contributed by atoms with Crippen LogP contribution in [0.25, 0.3) is 0 Å². The predicted octanol–water partition coefficient (Wildman–Crippen LogP) is 3.70. The highest BCUT2D eigenvalue weighted by Crippen LogP contribution is 2.26. The second kappa shape index (κ2) is 7.81. The Bertz CT molecular complexity index is 730. The van der Waals surface area contributed by atoms with Crippen molar-refractivity contribution in [1.29, 1.82) is 0 Å². The van der Waals surface area contributed by atoms with Gasteiger partial charge < -0.3 is 10.1 Å². The standard InChI is InChI=1S/C21H26N2O2/c1-15-9-10-16(2)19(13-15)22-21(24)20(18-7-5-4-6-8-18)23-11-12-25-17(3)14-23/h4-10,13,17,20H,11-12,14H2,1-3H3,(H,22,24). The van der Waals surface area contributed by atoms with Crippen molar-refractivity contribution in [3.8, 4) is 0 Å². The lowest BCUT2D eigenvalue weighted by Crippen LogP contribution is -2.46. The number of carbonyl (C=O) groups excluding carboxylic acids is 1. The zero-order chi connectivity index (χ0) is 17.8. The molecule has 0 aliphatic carbocycles. The number of anilines is 1. The fourth-order valence-electron chi connectivity index (χ4n) is 3.31. The molecule has 0 aromatic heterocycles. The maximum absolute atomic E-state index is 13.2. The number of morpholine rings is 1. The molecule has 0 radical (unpaired) electrons. The SMILES string of the molecule is Cc1ccc(C)c(NC(=O)C(c2ccccc2)N2CCOC(C)C2)c1. The second-order valence-corrected chi connectivity index (χ2v) is 6.80. The summed E-state index contributed by atoms with van der Waals surface area (Å²) < 4.78 is 5.65. The Morgan fingerprint density at radius 1 is 1.20 bits per heavy atom. The van der Waals surface area contributed by atoms with Crippen LogP contribution in [0, 0.1) is 13.8 Å². The van der Waals surface area contributed by atoms with Gasteiger partial charge in [-0.15, -0.1) is 0 Å². The van der Waals surface area contributed by atoms with Gasteiger partial charge in [-0.2, -0.15) is 0 Å². The maximum Gasteiger partial charge on any atom is 0.246 e. The molecule has 1 heterocycles. The Hall–Kier alpha value is -2.17. The van der Waals surface area contributed by atoms with E-state index in [1.54, 1.807) is 0 Å². The first kappa shape index (κ1) is 17.6. The first-order chi connectivity index (χ1) is 12.0. The summed E-state index contributed by atoms with van der Waals surface area (Å²) >= 11 is 0. The molecular formula is C21H26N2O2. The van der Waals surface area contributed by atoms with Crippen molar-refractivity contribution in [2.75, 3.05) is 25.0 Å². The monoisotopic (exact) mass is 338 g/mol. The minimum atomic E-state index is -0.313. The summed E-state index contributed by atoms with van der Waals surface area (Å²) in [5, 5.41) is 3.14. The number of rotatable bonds is 4. The molecule has 1 amide bonds. The lowest BCUT2D eigenvalue weighted by atomic mass is 10.0. The van der Waals surface area contributed by atoms with Gasteiger partial charge >= 0.3 is 0 Å². The van der Waals surface area contributed by atoms with Gasteiger partial charge in [-0.3, -0.25) is 9.69 Å². The van der Waals surface area contributed by atoms with Crippen molar-refractivity contribution < 1.29 is 9.53 Å². The fraction of sp³-hybridized carbons (Fsp3) is 0.381. The molecule has 2 aromatic carbocycles. The van der Waals surface area contributed by atoms with Crippen molar-refractivity contribution in [3.63, 3.8) is 0 Å². The molecule has 1 saturated heterocycles. The highest BCUT2D eigenvalue weighted by atomic mass is 16.5. The van der Waals surface area contributed by atoms with E-state index >= 15 is 0 Å². The van der Waals surface area contributed by atoms with Gasteiger partial charge in [0.05, 0.1) is 12.7 Å². The van der Waals surface area contributed by atoms with E-state index in [9.17, 15) is 4.79 Å². The molecule has 1 aliphatic heterocycles. The van der Waals surface area contributed by atoms with E-state index in [0.717, 1.165) is 35.5 Å². The Morgan fingerprint density at radius 2 is 1.96 bits per heavy atom. The van der Waals surface area contributed by atoms with E-state index in [0.29, 0.717) is 6.61 Å². The molecule has 4 heteroatoms. The van der Waals surface area contributed by atoms with Crippen molar-refractivity contribution in [3.05, 3.63) is 65.2 Å². The smallest absolute Gasteiger partial charge is 0.246 e. The average Bonchev–Trinajstić information content (AvgIpc) is 2.59. The second-order valence-electron chi connectivity index (χ2n) is 6.80. The number of carbonyl (C=O) groups is 1. The topological polar surface area (TPSA) is 41.6 Å². The molecule has 3 rings (SSSR count). The molecule has 0 bridgehead atoms. The number of hydrogen-bond donors (Lipinski definition) is 1. The van der Waals surface area contributed by atoms with Crippen molar-refractivity contribution in [2.24, 2.45) is 0 Å². The van der Waals surface area contributed by atoms with Crippen LogP contribution in [0.2, 0.25) is 0 Å². The van der Waals surface area contributed by atoms with Gasteiger partial charge in [-0.25, -0.2) is 0 Å². The number of amides is 1. The first-order valence-electron chi connectivity index (χ1n) is 8.83. The Morgan fingerprint density at radius 3 is 2.68 bits per heavy atom. The van der Waals surface area contributed by atoms with Gasteiger partial charge in [0.15, 0.2) is 0 Å². The van der Waals surface area contributed by atoms with Crippen LogP contribution in [0.4, 0.5) is 5.69 Å². The number of ether oxygens (including phenoxy) is 1. The van der Waals surface area contributed by atoms with Gasteiger partial charge in [0.2, 0.25) is 5.91 Å². The van der Waals surface area contributed by atoms with Gasteiger partial charge in [-0.1, -0.05) is 42.5 Å². The molecule has 1 fully saturated rings. The number of hydrogen-bond acceptors (Lipinski definition) is 3. The summed E-state index contributed by atoms with van der Waals surface area (Å²) in [4.78, 5) is 15.4. The Labute approximate surface area is 149 Å². The number of nitrogens with one attached hydrogen (secondary N) is 1. The van der Waals surface area contributed by atoms with E-state index < -0.39 is 0 Å². The third-order valence-electron chi connectivity index (χ3n) is 4.65. The minimum Gasteiger partial charge on any atom is -0.376 e. The van der Waals surface area contributed by atoms with Gasteiger partial charge in [0.25, 0.3) is 0 Å². The number of benzene rings is 2. The zero-order valence-electron chi connectivity index (χ0n) is 15.2. The first-order valence-corrected chi connectivity index (χ1v) is 8.83. The van der Waals surface area contributed by atoms with Crippen LogP contribution in [0.1, 0.15) is 29.7 Å². The van der Waals surface area contributed by atoms with Crippen LogP contribution in [-0.2, 0) is 9.53 Å². The number of aryl methyl sites for hydroxylation is 2. The molecule has 2 unspecified atom stereocenters. The molecule has 1 N–H and O–H groups in total. The van der Waals surface area contributed by atoms with Crippen LogP contribution in [0.5, 0.6) is 0 Å². The minimum absolute atomic E-state index is 0.00833. The number of nitrogens with zero attached hydrogens (tertiary/aromatic N) is 1. The van der Waals surface area contributed by atoms with Crippen LogP contribution in [0.15, 0.2) is 48.5 Å². The highest BCUT2D eigenvalue weighted by molar-refractivity contribution is 5.96. The summed E-state index contributed by atoms with van der Waals surface area (Å²) in [6, 6.07) is 15.8. The summed E-state index contributed by atoms with van der Waals surface area (Å²) in [7, 11) is 0. The summed E-state index contributed by atoms with van der Waals surface area (Å²) in [6.45, 7) is 8.26. The van der Waals surface area contributed by atoms with Crippen LogP contribution in [-0.4, -0.2) is 36.6 Å². The molecule has 4 nitrogen and oxygen atoms in total. The maximum atomic E-state index is 13.2. The lowest BCUT2D eigenvalue weighted by Gasteiger charge is -2.36. The predicted molar refractivity (Wildman–Crippen MR) is 101 cm³/mol. The molecule has 0 saturated carbocycles. The van der Waals surface area contributed by atoms with Crippen molar-refractivity contribution in [2.45, 2.75) is 32.9 Å². The zero-order valence-corrected chi connectivity index (χ0v) is 15.2. The summed E-state index contributed by atoms with van der Waals surface area (Å²) in [5.74, 6) is 0.00833. The molecule has 2 aromatic rings. The quantitative estimate of drug-likeness (QED) is 0.924. The average molecular weight is 338 g/mol. The molecule has 1 aliphatic rings. The van der Waals surface area contributed by atoms with E-state index in [1.807, 2.05) is 56.3 Å². The largest absolute Gasteiger partial charge is 0.376 e. The normalized spacial score (nSPS) is 19.4.